The van der Waals surface area contributed by atoms with Crippen LogP contribution in [0.5, 0.6) is 0 Å². The van der Waals surface area contributed by atoms with Gasteiger partial charge in [0.2, 0.25) is 0 Å². The van der Waals surface area contributed by atoms with E-state index in [9.17, 15) is 0 Å². The zero-order valence-corrected chi connectivity index (χ0v) is 13.1. The van der Waals surface area contributed by atoms with Crippen molar-refractivity contribution in [1.29, 1.82) is 0 Å². The van der Waals surface area contributed by atoms with E-state index in [1.807, 2.05) is 30.1 Å². The number of nitrogens with two attached hydrogens (primary N) is 1. The number of pyridine rings is 1. The van der Waals surface area contributed by atoms with Crippen LogP contribution in [0.15, 0.2) is 30.9 Å². The lowest BCUT2D eigenvalue weighted by Gasteiger charge is -2.00. The minimum absolute atomic E-state index is 0.637. The van der Waals surface area contributed by atoms with Gasteiger partial charge in [-0.3, -0.25) is 4.57 Å². The molecule has 1 saturated carbocycles. The zero-order valence-electron chi connectivity index (χ0n) is 13.1. The summed E-state index contributed by atoms with van der Waals surface area (Å²) in [5, 5.41) is 13.9. The molecule has 124 valence electrons. The Bertz CT molecular complexity index is 635. The third-order valence-electron chi connectivity index (χ3n) is 3.84. The number of nitrogens with zero attached hydrogens (tertiary/aromatic N) is 3. The van der Waals surface area contributed by atoms with Crippen LogP contribution in [0, 0.1) is 12.8 Å². The molecule has 0 aromatic carbocycles. The second-order valence-corrected chi connectivity index (χ2v) is 5.72. The molecule has 7 heteroatoms. The predicted molar refractivity (Wildman–Crippen MR) is 85.9 cm³/mol. The Morgan fingerprint density at radius 2 is 2.13 bits per heavy atom. The van der Waals surface area contributed by atoms with Crippen LogP contribution in [0.25, 0.3) is 5.82 Å². The van der Waals surface area contributed by atoms with Crippen LogP contribution in [-0.4, -0.2) is 37.4 Å². The van der Waals surface area contributed by atoms with Gasteiger partial charge in [0.15, 0.2) is 0 Å². The fourth-order valence-corrected chi connectivity index (χ4v) is 2.58. The monoisotopic (exact) mass is 318 g/mol. The minimum Gasteiger partial charge on any atom is -0.450 e. The minimum atomic E-state index is -1.83. The van der Waals surface area contributed by atoms with Gasteiger partial charge in [0.05, 0.1) is 5.69 Å². The topological polar surface area (TPSA) is 114 Å². The van der Waals surface area contributed by atoms with Gasteiger partial charge in [-0.2, -0.15) is 0 Å². The average molecular weight is 318 g/mol. The lowest BCUT2D eigenvalue weighted by Crippen LogP contribution is -1.98. The van der Waals surface area contributed by atoms with Gasteiger partial charge in [-0.25, -0.2) is 14.8 Å². The first-order chi connectivity index (χ1) is 11.0. The Kier molecular flexibility index (Phi) is 5.70. The molecule has 0 saturated heterocycles. The summed E-state index contributed by atoms with van der Waals surface area (Å²) in [6.07, 6.45) is 7.66. The van der Waals surface area contributed by atoms with Gasteiger partial charge >= 0.3 is 6.16 Å². The van der Waals surface area contributed by atoms with E-state index in [0.29, 0.717) is 5.92 Å². The van der Waals surface area contributed by atoms with Crippen LogP contribution in [-0.2, 0) is 0 Å². The van der Waals surface area contributed by atoms with E-state index in [-0.39, 0.29) is 0 Å². The van der Waals surface area contributed by atoms with Crippen molar-refractivity contribution in [3.63, 3.8) is 0 Å². The summed E-state index contributed by atoms with van der Waals surface area (Å²) in [7, 11) is 0. The number of aryl methyl sites for hydroxylation is 1. The Balaban J connectivity index is 0.000000433. The van der Waals surface area contributed by atoms with Gasteiger partial charge in [0.25, 0.3) is 0 Å². The van der Waals surface area contributed by atoms with Crippen molar-refractivity contribution in [2.75, 3.05) is 6.54 Å². The second kappa shape index (κ2) is 7.73. The molecular weight excluding hydrogens is 296 g/mol. The molecule has 1 aliphatic carbocycles. The highest BCUT2D eigenvalue weighted by Gasteiger charge is 2.39. The second-order valence-electron chi connectivity index (χ2n) is 5.72. The molecule has 0 bridgehead atoms. The van der Waals surface area contributed by atoms with Crippen molar-refractivity contribution < 1.29 is 15.0 Å². The molecule has 0 spiro atoms. The molecule has 2 unspecified atom stereocenters. The van der Waals surface area contributed by atoms with Gasteiger partial charge in [-0.15, -0.1) is 0 Å². The van der Waals surface area contributed by atoms with Gasteiger partial charge in [0, 0.05) is 18.3 Å². The SMILES string of the molecule is Cc1ccc(-n2cnc(C3CC3CCCN)c2)nc1.O=C(O)O. The zero-order chi connectivity index (χ0) is 16.8. The molecule has 0 radical (unpaired) electrons. The van der Waals surface area contributed by atoms with Crippen LogP contribution >= 0.6 is 0 Å². The van der Waals surface area contributed by atoms with E-state index in [1.54, 1.807) is 0 Å². The molecule has 2 atom stereocenters. The molecule has 0 aliphatic heterocycles. The molecule has 2 heterocycles. The van der Waals surface area contributed by atoms with Crippen LogP contribution < -0.4 is 5.73 Å². The number of aromatic nitrogens is 3. The highest BCUT2D eigenvalue weighted by Crippen LogP contribution is 2.49. The van der Waals surface area contributed by atoms with Crippen molar-refractivity contribution in [2.45, 2.75) is 32.1 Å². The highest BCUT2D eigenvalue weighted by atomic mass is 16.6. The third kappa shape index (κ3) is 5.07. The molecule has 4 N–H and O–H groups in total. The molecule has 1 aliphatic rings. The first kappa shape index (κ1) is 17.0. The maximum atomic E-state index is 8.56. The normalized spacial score (nSPS) is 18.9. The van der Waals surface area contributed by atoms with E-state index < -0.39 is 6.16 Å². The Labute approximate surface area is 134 Å². The molecule has 3 rings (SSSR count). The first-order valence-corrected chi connectivity index (χ1v) is 7.60. The first-order valence-electron chi connectivity index (χ1n) is 7.60. The Morgan fingerprint density at radius 3 is 2.74 bits per heavy atom. The van der Waals surface area contributed by atoms with E-state index >= 15 is 0 Å². The number of hydrogen-bond donors (Lipinski definition) is 3. The van der Waals surface area contributed by atoms with Crippen LogP contribution in [0.1, 0.15) is 36.4 Å². The quantitative estimate of drug-likeness (QED) is 0.780. The molecule has 0 amide bonds. The maximum absolute atomic E-state index is 8.56. The number of rotatable bonds is 5. The summed E-state index contributed by atoms with van der Waals surface area (Å²) in [5.74, 6) is 2.36. The van der Waals surface area contributed by atoms with Crippen molar-refractivity contribution in [1.82, 2.24) is 14.5 Å². The molecule has 2 aromatic rings. The fourth-order valence-electron chi connectivity index (χ4n) is 2.58. The van der Waals surface area contributed by atoms with E-state index in [4.69, 9.17) is 20.7 Å². The van der Waals surface area contributed by atoms with E-state index in [2.05, 4.69) is 22.2 Å². The Hall–Kier alpha value is -2.41. The summed E-state index contributed by atoms with van der Waals surface area (Å²) < 4.78 is 2.01. The molecule has 23 heavy (non-hydrogen) atoms. The molecule has 1 fully saturated rings. The molecule has 2 aromatic heterocycles. The third-order valence-corrected chi connectivity index (χ3v) is 3.84. The smallest absolute Gasteiger partial charge is 0.450 e. The number of carboxylic acid groups (broad SMARTS) is 2. The molecule has 7 nitrogen and oxygen atoms in total. The van der Waals surface area contributed by atoms with Gasteiger partial charge in [0.1, 0.15) is 12.1 Å². The lowest BCUT2D eigenvalue weighted by atomic mass is 10.1. The number of imidazole rings is 1. The van der Waals surface area contributed by atoms with Crippen molar-refractivity contribution in [3.05, 3.63) is 42.1 Å². The Morgan fingerprint density at radius 1 is 1.39 bits per heavy atom. The van der Waals surface area contributed by atoms with Crippen molar-refractivity contribution in [2.24, 2.45) is 11.7 Å². The van der Waals surface area contributed by atoms with Gasteiger partial charge < -0.3 is 15.9 Å². The van der Waals surface area contributed by atoms with Crippen molar-refractivity contribution in [3.8, 4) is 5.82 Å². The summed E-state index contributed by atoms with van der Waals surface area (Å²) in [6.45, 7) is 2.84. The largest absolute Gasteiger partial charge is 0.503 e. The van der Waals surface area contributed by atoms with Gasteiger partial charge in [-0.1, -0.05) is 6.07 Å². The van der Waals surface area contributed by atoms with E-state index in [0.717, 1.165) is 24.7 Å². The van der Waals surface area contributed by atoms with E-state index in [1.165, 1.54) is 24.1 Å². The maximum Gasteiger partial charge on any atom is 0.503 e. The van der Waals surface area contributed by atoms with Gasteiger partial charge in [-0.05, 0) is 50.3 Å². The summed E-state index contributed by atoms with van der Waals surface area (Å²) in [6, 6.07) is 4.10. The van der Waals surface area contributed by atoms with Crippen LogP contribution in [0.2, 0.25) is 0 Å². The number of hydrogen-bond acceptors (Lipinski definition) is 4. The highest BCUT2D eigenvalue weighted by molar-refractivity contribution is 5.53. The molecular formula is C16H22N4O3. The predicted octanol–water partition coefficient (Wildman–Crippen LogP) is 2.64. The van der Waals surface area contributed by atoms with Crippen molar-refractivity contribution >= 4 is 6.16 Å². The summed E-state index contributed by atoms with van der Waals surface area (Å²) in [5.41, 5.74) is 7.93. The summed E-state index contributed by atoms with van der Waals surface area (Å²) >= 11 is 0. The summed E-state index contributed by atoms with van der Waals surface area (Å²) in [4.78, 5) is 17.5. The fraction of sp³-hybridized carbons (Fsp3) is 0.438. The number of carbonyl (C=O) groups is 1. The van der Waals surface area contributed by atoms with Crippen LogP contribution in [0.3, 0.4) is 0 Å². The average Bonchev–Trinajstić information content (AvgIpc) is 3.11. The van der Waals surface area contributed by atoms with Crippen LogP contribution in [0.4, 0.5) is 4.79 Å². The standard InChI is InChI=1S/C15H20N4.CH2O3/c1-11-4-5-15(17-8-11)19-9-14(18-10-19)13-7-12(13)3-2-6-16;2-1(3)4/h4-5,8-10,12-13H,2-3,6-7,16H2,1H3;(H2,2,3,4). The lowest BCUT2D eigenvalue weighted by molar-refractivity contribution is 0.137.